The van der Waals surface area contributed by atoms with E-state index in [4.69, 9.17) is 14.6 Å². The molecule has 0 saturated carbocycles. The third kappa shape index (κ3) is 5.80. The predicted octanol–water partition coefficient (Wildman–Crippen LogP) is 1.90. The van der Waals surface area contributed by atoms with E-state index in [9.17, 15) is 18.0 Å². The van der Waals surface area contributed by atoms with Crippen molar-refractivity contribution in [3.63, 3.8) is 0 Å². The summed E-state index contributed by atoms with van der Waals surface area (Å²) in [5, 5.41) is 7.54. The van der Waals surface area contributed by atoms with Gasteiger partial charge in [0, 0.05) is 5.69 Å². The fourth-order valence-corrected chi connectivity index (χ4v) is 2.79. The minimum atomic E-state index is -3.81. The first-order valence-corrected chi connectivity index (χ1v) is 9.95. The van der Waals surface area contributed by atoms with Gasteiger partial charge in [0.1, 0.15) is 5.75 Å². The molecule has 0 spiro atoms. The topological polar surface area (TPSA) is 125 Å². The van der Waals surface area contributed by atoms with Gasteiger partial charge < -0.3 is 14.8 Å². The van der Waals surface area contributed by atoms with Gasteiger partial charge in [-0.3, -0.25) is 4.79 Å². The highest BCUT2D eigenvalue weighted by Crippen LogP contribution is 2.20. The van der Waals surface area contributed by atoms with Crippen LogP contribution < -0.4 is 15.2 Å². The fourth-order valence-electron chi connectivity index (χ4n) is 2.27. The molecule has 150 valence electrons. The predicted molar refractivity (Wildman–Crippen MR) is 103 cm³/mol. The Morgan fingerprint density at radius 2 is 1.75 bits per heavy atom. The molecule has 0 aliphatic rings. The second-order valence-corrected chi connectivity index (χ2v) is 7.74. The van der Waals surface area contributed by atoms with Crippen LogP contribution >= 0.6 is 0 Å². The molecule has 0 bridgehead atoms. The summed E-state index contributed by atoms with van der Waals surface area (Å²) in [7, 11) is -3.81. The number of nitrogens with two attached hydrogens (primary N) is 1. The van der Waals surface area contributed by atoms with E-state index < -0.39 is 28.0 Å². The summed E-state index contributed by atoms with van der Waals surface area (Å²) in [6.45, 7) is 4.91. The van der Waals surface area contributed by atoms with Gasteiger partial charge in [0.05, 0.1) is 4.90 Å². The summed E-state index contributed by atoms with van der Waals surface area (Å²) in [4.78, 5) is 24.0. The van der Waals surface area contributed by atoms with Crippen LogP contribution in [0.15, 0.2) is 47.4 Å². The first-order valence-electron chi connectivity index (χ1n) is 8.40. The number of hydrogen-bond acceptors (Lipinski definition) is 6. The molecule has 2 aromatic rings. The highest BCUT2D eigenvalue weighted by atomic mass is 32.2. The van der Waals surface area contributed by atoms with E-state index in [0.29, 0.717) is 11.4 Å². The van der Waals surface area contributed by atoms with Crippen LogP contribution in [-0.4, -0.2) is 33.0 Å². The van der Waals surface area contributed by atoms with Gasteiger partial charge in [-0.1, -0.05) is 12.1 Å². The summed E-state index contributed by atoms with van der Waals surface area (Å²) >= 11 is 0. The molecule has 3 N–H and O–H groups in total. The lowest BCUT2D eigenvalue weighted by atomic mass is 10.1. The lowest BCUT2D eigenvalue weighted by Crippen LogP contribution is -2.31. The number of aryl methyl sites for hydroxylation is 1. The zero-order valence-electron chi connectivity index (χ0n) is 15.8. The number of nitrogens with one attached hydrogen (secondary N) is 1. The molecule has 0 aromatic heterocycles. The molecular formula is C19H22N2O6S. The Hall–Kier alpha value is -2.91. The molecule has 0 unspecified atom stereocenters. The molecular weight excluding hydrogens is 384 g/mol. The van der Waals surface area contributed by atoms with E-state index in [2.05, 4.69) is 5.32 Å². The molecule has 0 aliphatic heterocycles. The number of sulfonamides is 1. The third-order valence-corrected chi connectivity index (χ3v) is 4.96. The highest BCUT2D eigenvalue weighted by molar-refractivity contribution is 7.89. The molecule has 1 amide bonds. The summed E-state index contributed by atoms with van der Waals surface area (Å²) < 4.78 is 33.0. The van der Waals surface area contributed by atoms with Crippen molar-refractivity contribution in [1.29, 1.82) is 0 Å². The Morgan fingerprint density at radius 1 is 1.11 bits per heavy atom. The quantitative estimate of drug-likeness (QED) is 0.677. The number of rotatable bonds is 7. The average molecular weight is 406 g/mol. The van der Waals surface area contributed by atoms with E-state index in [1.54, 1.807) is 6.07 Å². The standard InChI is InChI=1S/C19H22N2O6S/c1-12-5-4-6-17(13(12)2)26-11-18(22)27-14(3)19(23)21-15-7-9-16(10-8-15)28(20,24)25/h4-10,14H,11H2,1-3H3,(H,21,23)(H2,20,24,25)/t14-/m0/s1. The Bertz CT molecular complexity index is 970. The van der Waals surface area contributed by atoms with Crippen LogP contribution in [0.3, 0.4) is 0 Å². The molecule has 28 heavy (non-hydrogen) atoms. The summed E-state index contributed by atoms with van der Waals surface area (Å²) in [5.74, 6) is -0.680. The molecule has 0 fully saturated rings. The van der Waals surface area contributed by atoms with Crippen molar-refractivity contribution in [2.45, 2.75) is 31.8 Å². The number of amides is 1. The summed E-state index contributed by atoms with van der Waals surface area (Å²) in [6.07, 6.45) is -1.06. The molecule has 0 saturated heterocycles. The van der Waals surface area contributed by atoms with Crippen LogP contribution in [-0.2, 0) is 24.3 Å². The van der Waals surface area contributed by atoms with Crippen molar-refractivity contribution in [3.05, 3.63) is 53.6 Å². The lowest BCUT2D eigenvalue weighted by molar-refractivity contribution is -0.155. The number of ether oxygens (including phenoxy) is 2. The maximum absolute atomic E-state index is 12.1. The molecule has 2 aromatic carbocycles. The molecule has 1 atom stereocenters. The zero-order chi connectivity index (χ0) is 20.9. The smallest absolute Gasteiger partial charge is 0.344 e. The summed E-state index contributed by atoms with van der Waals surface area (Å²) in [5.41, 5.74) is 2.29. The molecule has 0 heterocycles. The lowest BCUT2D eigenvalue weighted by Gasteiger charge is -2.15. The molecule has 0 radical (unpaired) electrons. The Kier molecular flexibility index (Phi) is 6.76. The fraction of sp³-hybridized carbons (Fsp3) is 0.263. The Balaban J connectivity index is 1.87. The number of benzene rings is 2. The van der Waals surface area contributed by atoms with Gasteiger partial charge in [-0.25, -0.2) is 18.4 Å². The van der Waals surface area contributed by atoms with Crippen LogP contribution in [0.25, 0.3) is 0 Å². The largest absolute Gasteiger partial charge is 0.482 e. The van der Waals surface area contributed by atoms with E-state index >= 15 is 0 Å². The van der Waals surface area contributed by atoms with Crippen molar-refractivity contribution in [3.8, 4) is 5.75 Å². The van der Waals surface area contributed by atoms with Gasteiger partial charge in [0.25, 0.3) is 5.91 Å². The Morgan fingerprint density at radius 3 is 2.36 bits per heavy atom. The van der Waals surface area contributed by atoms with Crippen LogP contribution in [0.4, 0.5) is 5.69 Å². The van der Waals surface area contributed by atoms with Crippen LogP contribution in [0.2, 0.25) is 0 Å². The van der Waals surface area contributed by atoms with E-state index in [1.807, 2.05) is 26.0 Å². The SMILES string of the molecule is Cc1cccc(OCC(=O)O[C@@H](C)C(=O)Nc2ccc(S(N)(=O)=O)cc2)c1C. The average Bonchev–Trinajstić information content (AvgIpc) is 2.62. The number of esters is 1. The van der Waals surface area contributed by atoms with Crippen molar-refractivity contribution >= 4 is 27.6 Å². The van der Waals surface area contributed by atoms with Gasteiger partial charge in [-0.15, -0.1) is 0 Å². The normalized spacial score (nSPS) is 12.1. The van der Waals surface area contributed by atoms with E-state index in [1.165, 1.54) is 31.2 Å². The van der Waals surface area contributed by atoms with Gasteiger partial charge in [-0.05, 0) is 62.2 Å². The van der Waals surface area contributed by atoms with Crippen molar-refractivity contribution in [2.75, 3.05) is 11.9 Å². The van der Waals surface area contributed by atoms with Gasteiger partial charge in [0.15, 0.2) is 12.7 Å². The van der Waals surface area contributed by atoms with Crippen molar-refractivity contribution in [2.24, 2.45) is 5.14 Å². The van der Waals surface area contributed by atoms with E-state index in [-0.39, 0.29) is 11.5 Å². The Labute approximate surface area is 163 Å². The highest BCUT2D eigenvalue weighted by Gasteiger charge is 2.19. The van der Waals surface area contributed by atoms with E-state index in [0.717, 1.165) is 11.1 Å². The van der Waals surface area contributed by atoms with Gasteiger partial charge in [-0.2, -0.15) is 0 Å². The van der Waals surface area contributed by atoms with Gasteiger partial charge >= 0.3 is 5.97 Å². The minimum absolute atomic E-state index is 0.0754. The monoisotopic (exact) mass is 406 g/mol. The first kappa shape index (κ1) is 21.4. The first-order chi connectivity index (χ1) is 13.1. The number of anilines is 1. The molecule has 0 aliphatic carbocycles. The molecule has 8 nitrogen and oxygen atoms in total. The van der Waals surface area contributed by atoms with Crippen LogP contribution in [0, 0.1) is 13.8 Å². The van der Waals surface area contributed by atoms with Crippen molar-refractivity contribution < 1.29 is 27.5 Å². The molecule has 2 rings (SSSR count). The van der Waals surface area contributed by atoms with Crippen LogP contribution in [0.5, 0.6) is 5.75 Å². The minimum Gasteiger partial charge on any atom is -0.482 e. The number of carbonyl (C=O) groups is 2. The molecule has 9 heteroatoms. The summed E-state index contributed by atoms with van der Waals surface area (Å²) in [6, 6.07) is 10.8. The third-order valence-electron chi connectivity index (χ3n) is 4.03. The zero-order valence-corrected chi connectivity index (χ0v) is 16.6. The number of hydrogen-bond donors (Lipinski definition) is 2. The maximum Gasteiger partial charge on any atom is 0.344 e. The second-order valence-electron chi connectivity index (χ2n) is 6.18. The number of carbonyl (C=O) groups excluding carboxylic acids is 2. The number of primary sulfonamides is 1. The maximum atomic E-state index is 12.1. The van der Waals surface area contributed by atoms with Gasteiger partial charge in [0.2, 0.25) is 10.0 Å². The van der Waals surface area contributed by atoms with Crippen LogP contribution in [0.1, 0.15) is 18.1 Å². The second kappa shape index (κ2) is 8.85. The van der Waals surface area contributed by atoms with Crippen molar-refractivity contribution in [1.82, 2.24) is 0 Å².